The lowest BCUT2D eigenvalue weighted by molar-refractivity contribution is 0.0746. The van der Waals surface area contributed by atoms with Crippen molar-refractivity contribution in [1.29, 1.82) is 0 Å². The summed E-state index contributed by atoms with van der Waals surface area (Å²) in [5.41, 5.74) is 1.94. The summed E-state index contributed by atoms with van der Waals surface area (Å²) >= 11 is 2.25. The number of aryl methyl sites for hydroxylation is 1. The summed E-state index contributed by atoms with van der Waals surface area (Å²) in [6.07, 6.45) is 2.27. The first-order valence-electron chi connectivity index (χ1n) is 5.66. The molecule has 2 rings (SSSR count). The number of hydrogen-bond acceptors (Lipinski definition) is 1. The first-order chi connectivity index (χ1) is 7.59. The number of carbonyl (C=O) groups is 1. The van der Waals surface area contributed by atoms with Crippen LogP contribution in [0.15, 0.2) is 18.2 Å². The van der Waals surface area contributed by atoms with Crippen LogP contribution in [-0.4, -0.2) is 23.4 Å². The molecule has 0 aromatic heterocycles. The highest BCUT2D eigenvalue weighted by Crippen LogP contribution is 2.22. The highest BCUT2D eigenvalue weighted by molar-refractivity contribution is 14.1. The predicted octanol–water partition coefficient (Wildman–Crippen LogP) is 3.22. The van der Waals surface area contributed by atoms with Gasteiger partial charge < -0.3 is 4.90 Å². The second-order valence-corrected chi connectivity index (χ2v) is 5.69. The SMILES string of the molecule is Cc1ccc(I)cc1C(=O)N1CCCC1C. The summed E-state index contributed by atoms with van der Waals surface area (Å²) in [5.74, 6) is 0.195. The van der Waals surface area contributed by atoms with Crippen LogP contribution in [-0.2, 0) is 0 Å². The number of benzene rings is 1. The third-order valence-corrected chi connectivity index (χ3v) is 3.91. The number of halogens is 1. The van der Waals surface area contributed by atoms with Crippen LogP contribution < -0.4 is 0 Å². The van der Waals surface area contributed by atoms with E-state index in [0.29, 0.717) is 6.04 Å². The van der Waals surface area contributed by atoms with Crippen molar-refractivity contribution in [3.8, 4) is 0 Å². The zero-order chi connectivity index (χ0) is 11.7. The largest absolute Gasteiger partial charge is 0.336 e. The Labute approximate surface area is 110 Å². The summed E-state index contributed by atoms with van der Waals surface area (Å²) in [7, 11) is 0. The highest BCUT2D eigenvalue weighted by atomic mass is 127. The maximum Gasteiger partial charge on any atom is 0.254 e. The minimum absolute atomic E-state index is 0.195. The average molecular weight is 329 g/mol. The Morgan fingerprint density at radius 2 is 2.25 bits per heavy atom. The third kappa shape index (κ3) is 2.24. The molecule has 1 aromatic carbocycles. The molecule has 1 unspecified atom stereocenters. The molecule has 1 aliphatic rings. The van der Waals surface area contributed by atoms with E-state index in [1.54, 1.807) is 0 Å². The summed E-state index contributed by atoms with van der Waals surface area (Å²) in [4.78, 5) is 14.4. The lowest BCUT2D eigenvalue weighted by Gasteiger charge is -2.22. The van der Waals surface area contributed by atoms with Crippen molar-refractivity contribution >= 4 is 28.5 Å². The smallest absolute Gasteiger partial charge is 0.254 e. The fourth-order valence-electron chi connectivity index (χ4n) is 2.21. The molecule has 86 valence electrons. The topological polar surface area (TPSA) is 20.3 Å². The molecule has 1 atom stereocenters. The zero-order valence-corrected chi connectivity index (χ0v) is 11.8. The Morgan fingerprint density at radius 3 is 2.88 bits per heavy atom. The summed E-state index contributed by atoms with van der Waals surface area (Å²) < 4.78 is 1.12. The fraction of sp³-hybridized carbons (Fsp3) is 0.462. The van der Waals surface area contributed by atoms with Gasteiger partial charge in [-0.05, 0) is 67.0 Å². The van der Waals surface area contributed by atoms with Gasteiger partial charge in [0.15, 0.2) is 0 Å². The molecule has 0 bridgehead atoms. The molecule has 3 heteroatoms. The van der Waals surface area contributed by atoms with E-state index in [1.165, 1.54) is 0 Å². The van der Waals surface area contributed by atoms with Gasteiger partial charge in [-0.1, -0.05) is 6.07 Å². The fourth-order valence-corrected chi connectivity index (χ4v) is 2.71. The van der Waals surface area contributed by atoms with Crippen molar-refractivity contribution < 1.29 is 4.79 Å². The van der Waals surface area contributed by atoms with Crippen molar-refractivity contribution in [3.63, 3.8) is 0 Å². The van der Waals surface area contributed by atoms with Crippen LogP contribution in [0, 0.1) is 10.5 Å². The Bertz CT molecular complexity index is 416. The summed E-state index contributed by atoms with van der Waals surface area (Å²) in [6, 6.07) is 6.45. The molecule has 0 saturated carbocycles. The minimum atomic E-state index is 0.195. The van der Waals surface area contributed by atoms with Crippen LogP contribution in [0.25, 0.3) is 0 Å². The number of carbonyl (C=O) groups excluding carboxylic acids is 1. The van der Waals surface area contributed by atoms with E-state index in [9.17, 15) is 4.79 Å². The van der Waals surface area contributed by atoms with Crippen molar-refractivity contribution in [2.45, 2.75) is 32.7 Å². The minimum Gasteiger partial charge on any atom is -0.336 e. The molecule has 0 N–H and O–H groups in total. The van der Waals surface area contributed by atoms with Crippen LogP contribution in [0.3, 0.4) is 0 Å². The van der Waals surface area contributed by atoms with Crippen molar-refractivity contribution in [3.05, 3.63) is 32.9 Å². The molecular weight excluding hydrogens is 313 g/mol. The number of nitrogens with zero attached hydrogens (tertiary/aromatic N) is 1. The Kier molecular flexibility index (Phi) is 3.52. The Hall–Kier alpha value is -0.580. The van der Waals surface area contributed by atoms with Gasteiger partial charge in [0.05, 0.1) is 0 Å². The standard InChI is InChI=1S/C13H16INO/c1-9-5-6-11(14)8-12(9)13(16)15-7-3-4-10(15)2/h5-6,8,10H,3-4,7H2,1-2H3. The average Bonchev–Trinajstić information content (AvgIpc) is 2.67. The van der Waals surface area contributed by atoms with Gasteiger partial charge in [0.2, 0.25) is 0 Å². The lowest BCUT2D eigenvalue weighted by atomic mass is 10.1. The van der Waals surface area contributed by atoms with Crippen molar-refractivity contribution in [2.75, 3.05) is 6.54 Å². The van der Waals surface area contributed by atoms with Crippen molar-refractivity contribution in [2.24, 2.45) is 0 Å². The van der Waals surface area contributed by atoms with Gasteiger partial charge in [-0.15, -0.1) is 0 Å². The van der Waals surface area contributed by atoms with E-state index in [1.807, 2.05) is 30.0 Å². The van der Waals surface area contributed by atoms with Crippen LogP contribution in [0.5, 0.6) is 0 Å². The van der Waals surface area contributed by atoms with E-state index >= 15 is 0 Å². The monoisotopic (exact) mass is 329 g/mol. The van der Waals surface area contributed by atoms with Gasteiger partial charge in [-0.25, -0.2) is 0 Å². The number of rotatable bonds is 1. The van der Waals surface area contributed by atoms with E-state index in [4.69, 9.17) is 0 Å². The third-order valence-electron chi connectivity index (χ3n) is 3.24. The van der Waals surface area contributed by atoms with Gasteiger partial charge in [0.25, 0.3) is 5.91 Å². The van der Waals surface area contributed by atoms with Gasteiger partial charge >= 0.3 is 0 Å². The second kappa shape index (κ2) is 4.73. The number of amides is 1. The molecule has 1 aromatic rings. The summed E-state index contributed by atoms with van der Waals surface area (Å²) in [6.45, 7) is 5.04. The molecule has 1 aliphatic heterocycles. The van der Waals surface area contributed by atoms with Crippen LogP contribution in [0.2, 0.25) is 0 Å². The van der Waals surface area contributed by atoms with Crippen LogP contribution >= 0.6 is 22.6 Å². The maximum absolute atomic E-state index is 12.4. The molecule has 1 amide bonds. The number of hydrogen-bond donors (Lipinski definition) is 0. The molecule has 1 saturated heterocycles. The first-order valence-corrected chi connectivity index (χ1v) is 6.74. The predicted molar refractivity (Wildman–Crippen MR) is 73.6 cm³/mol. The molecular formula is C13H16INO. The van der Waals surface area contributed by atoms with E-state index < -0.39 is 0 Å². The maximum atomic E-state index is 12.4. The lowest BCUT2D eigenvalue weighted by Crippen LogP contribution is -2.34. The molecule has 0 aliphatic carbocycles. The highest BCUT2D eigenvalue weighted by Gasteiger charge is 2.26. The van der Waals surface area contributed by atoms with Gasteiger partial charge in [-0.3, -0.25) is 4.79 Å². The molecule has 0 spiro atoms. The normalized spacial score (nSPS) is 20.2. The number of likely N-dealkylation sites (tertiary alicyclic amines) is 1. The van der Waals surface area contributed by atoms with E-state index in [-0.39, 0.29) is 5.91 Å². The molecule has 16 heavy (non-hydrogen) atoms. The zero-order valence-electron chi connectivity index (χ0n) is 9.66. The summed E-state index contributed by atoms with van der Waals surface area (Å²) in [5, 5.41) is 0. The van der Waals surface area contributed by atoms with E-state index in [2.05, 4.69) is 29.5 Å². The Morgan fingerprint density at radius 1 is 1.50 bits per heavy atom. The van der Waals surface area contributed by atoms with Gasteiger partial charge in [-0.2, -0.15) is 0 Å². The van der Waals surface area contributed by atoms with Gasteiger partial charge in [0.1, 0.15) is 0 Å². The first kappa shape index (κ1) is 11.9. The van der Waals surface area contributed by atoms with Crippen LogP contribution in [0.1, 0.15) is 35.7 Å². The molecule has 1 fully saturated rings. The second-order valence-electron chi connectivity index (χ2n) is 4.45. The van der Waals surface area contributed by atoms with Crippen molar-refractivity contribution in [1.82, 2.24) is 4.90 Å². The van der Waals surface area contributed by atoms with Crippen LogP contribution in [0.4, 0.5) is 0 Å². The Balaban J connectivity index is 2.29. The molecule has 2 nitrogen and oxygen atoms in total. The van der Waals surface area contributed by atoms with Gasteiger partial charge in [0, 0.05) is 21.7 Å². The van der Waals surface area contributed by atoms with E-state index in [0.717, 1.165) is 34.1 Å². The quantitative estimate of drug-likeness (QED) is 0.725. The molecule has 1 heterocycles. The molecule has 0 radical (unpaired) electrons.